The van der Waals surface area contributed by atoms with Gasteiger partial charge in [0.1, 0.15) is 0 Å². The van der Waals surface area contributed by atoms with Crippen molar-refractivity contribution in [1.82, 2.24) is 0 Å². The highest BCUT2D eigenvalue weighted by Crippen LogP contribution is 2.23. The molecule has 0 amide bonds. The van der Waals surface area contributed by atoms with Gasteiger partial charge in [-0.1, -0.05) is 60.7 Å². The van der Waals surface area contributed by atoms with Crippen molar-refractivity contribution in [1.29, 1.82) is 0 Å². The molecule has 0 saturated carbocycles. The molecule has 1 aliphatic rings. The molecule has 2 aromatic carbocycles. The molecule has 1 aliphatic heterocycles. The van der Waals surface area contributed by atoms with Crippen LogP contribution in [0.15, 0.2) is 84.6 Å². The van der Waals surface area contributed by atoms with Crippen LogP contribution in [-0.2, 0) is 6.42 Å². The zero-order valence-electron chi connectivity index (χ0n) is 10.9. The zero-order valence-corrected chi connectivity index (χ0v) is 10.9. The Morgan fingerprint density at radius 1 is 0.842 bits per heavy atom. The van der Waals surface area contributed by atoms with Crippen LogP contribution in [0.3, 0.4) is 0 Å². The molecule has 0 saturated heterocycles. The van der Waals surface area contributed by atoms with Crippen LogP contribution in [0.4, 0.5) is 5.69 Å². The third-order valence-electron chi connectivity index (χ3n) is 3.36. The average molecular weight is 247 g/mol. The molecule has 0 atom stereocenters. The zero-order chi connectivity index (χ0) is 12.9. The second-order valence-corrected chi connectivity index (χ2v) is 4.69. The average Bonchev–Trinajstić information content (AvgIpc) is 2.50. The number of anilines is 1. The largest absolute Gasteiger partial charge is 0.341 e. The minimum atomic E-state index is 0.947. The lowest BCUT2D eigenvalue weighted by molar-refractivity contribution is 0.936. The van der Waals surface area contributed by atoms with Crippen LogP contribution in [0.5, 0.6) is 0 Å². The van der Waals surface area contributed by atoms with Gasteiger partial charge in [0.25, 0.3) is 0 Å². The SMILES string of the molecule is C1=CCN(c2ccccc2)C(Cc2ccccc2)=C1. The summed E-state index contributed by atoms with van der Waals surface area (Å²) in [7, 11) is 0. The van der Waals surface area contributed by atoms with Gasteiger partial charge in [-0.25, -0.2) is 0 Å². The van der Waals surface area contributed by atoms with E-state index in [1.807, 2.05) is 0 Å². The third kappa shape index (κ3) is 2.76. The molecule has 0 N–H and O–H groups in total. The highest BCUT2D eigenvalue weighted by Gasteiger charge is 2.12. The summed E-state index contributed by atoms with van der Waals surface area (Å²) in [5, 5.41) is 0. The summed E-state index contributed by atoms with van der Waals surface area (Å²) in [5.41, 5.74) is 3.96. The minimum absolute atomic E-state index is 0.947. The number of rotatable bonds is 3. The molecule has 0 bridgehead atoms. The second kappa shape index (κ2) is 5.57. The Labute approximate surface area is 114 Å². The molecule has 0 aliphatic carbocycles. The summed E-state index contributed by atoms with van der Waals surface area (Å²) >= 11 is 0. The first kappa shape index (κ1) is 11.8. The van der Waals surface area contributed by atoms with E-state index in [1.54, 1.807) is 0 Å². The van der Waals surface area contributed by atoms with Gasteiger partial charge in [0.05, 0.1) is 0 Å². The Hall–Kier alpha value is -2.28. The number of benzene rings is 2. The highest BCUT2D eigenvalue weighted by atomic mass is 15.1. The second-order valence-electron chi connectivity index (χ2n) is 4.69. The van der Waals surface area contributed by atoms with Gasteiger partial charge in [0, 0.05) is 24.4 Å². The molecule has 0 radical (unpaired) electrons. The lowest BCUT2D eigenvalue weighted by Gasteiger charge is -2.28. The van der Waals surface area contributed by atoms with Gasteiger partial charge in [-0.15, -0.1) is 0 Å². The number of allylic oxidation sites excluding steroid dienone is 3. The summed E-state index contributed by atoms with van der Waals surface area (Å²) in [6.07, 6.45) is 7.53. The minimum Gasteiger partial charge on any atom is -0.341 e. The van der Waals surface area contributed by atoms with E-state index in [9.17, 15) is 0 Å². The molecule has 3 rings (SSSR count). The number of para-hydroxylation sites is 1. The van der Waals surface area contributed by atoms with E-state index in [4.69, 9.17) is 0 Å². The van der Waals surface area contributed by atoms with Crippen molar-refractivity contribution < 1.29 is 0 Å². The fourth-order valence-electron chi connectivity index (χ4n) is 2.39. The van der Waals surface area contributed by atoms with E-state index >= 15 is 0 Å². The van der Waals surface area contributed by atoms with Crippen molar-refractivity contribution in [3.63, 3.8) is 0 Å². The fourth-order valence-corrected chi connectivity index (χ4v) is 2.39. The summed E-state index contributed by atoms with van der Waals surface area (Å²) in [4.78, 5) is 2.37. The van der Waals surface area contributed by atoms with Crippen LogP contribution in [0.25, 0.3) is 0 Å². The Morgan fingerprint density at radius 2 is 1.53 bits per heavy atom. The molecule has 19 heavy (non-hydrogen) atoms. The van der Waals surface area contributed by atoms with E-state index < -0.39 is 0 Å². The van der Waals surface area contributed by atoms with Gasteiger partial charge in [0.2, 0.25) is 0 Å². The maximum atomic E-state index is 2.37. The Bertz CT molecular complexity index is 582. The molecular formula is C18H17N. The molecule has 2 aromatic rings. The molecule has 1 heteroatoms. The monoisotopic (exact) mass is 247 g/mol. The first-order valence-electron chi connectivity index (χ1n) is 6.66. The van der Waals surface area contributed by atoms with Crippen molar-refractivity contribution in [2.75, 3.05) is 11.4 Å². The lowest BCUT2D eigenvalue weighted by atomic mass is 10.1. The summed E-state index contributed by atoms with van der Waals surface area (Å²) in [5.74, 6) is 0. The quantitative estimate of drug-likeness (QED) is 0.786. The van der Waals surface area contributed by atoms with Crippen molar-refractivity contribution in [2.45, 2.75) is 6.42 Å². The van der Waals surface area contributed by atoms with E-state index in [2.05, 4.69) is 83.8 Å². The van der Waals surface area contributed by atoms with Crippen molar-refractivity contribution in [3.8, 4) is 0 Å². The fraction of sp³-hybridized carbons (Fsp3) is 0.111. The van der Waals surface area contributed by atoms with Crippen LogP contribution >= 0.6 is 0 Å². The van der Waals surface area contributed by atoms with Crippen LogP contribution < -0.4 is 4.90 Å². The lowest BCUT2D eigenvalue weighted by Crippen LogP contribution is -2.25. The first-order valence-corrected chi connectivity index (χ1v) is 6.66. The van der Waals surface area contributed by atoms with Gasteiger partial charge in [-0.2, -0.15) is 0 Å². The predicted octanol–water partition coefficient (Wildman–Crippen LogP) is 4.19. The molecule has 1 nitrogen and oxygen atoms in total. The Morgan fingerprint density at radius 3 is 2.26 bits per heavy atom. The molecule has 94 valence electrons. The van der Waals surface area contributed by atoms with Crippen LogP contribution in [0.2, 0.25) is 0 Å². The van der Waals surface area contributed by atoms with Crippen molar-refractivity contribution in [3.05, 3.63) is 90.2 Å². The van der Waals surface area contributed by atoms with Gasteiger partial charge < -0.3 is 4.90 Å². The maximum Gasteiger partial charge on any atom is 0.0412 e. The highest BCUT2D eigenvalue weighted by molar-refractivity contribution is 5.55. The Balaban J connectivity index is 1.86. The predicted molar refractivity (Wildman–Crippen MR) is 81.2 cm³/mol. The smallest absolute Gasteiger partial charge is 0.0412 e. The molecule has 1 heterocycles. The van der Waals surface area contributed by atoms with E-state index in [-0.39, 0.29) is 0 Å². The molecule has 0 unspecified atom stereocenters. The molecule has 0 spiro atoms. The van der Waals surface area contributed by atoms with Gasteiger partial charge in [0.15, 0.2) is 0 Å². The van der Waals surface area contributed by atoms with Crippen molar-refractivity contribution in [2.24, 2.45) is 0 Å². The van der Waals surface area contributed by atoms with E-state index in [1.165, 1.54) is 16.9 Å². The van der Waals surface area contributed by atoms with Crippen LogP contribution in [0, 0.1) is 0 Å². The molecular weight excluding hydrogens is 230 g/mol. The van der Waals surface area contributed by atoms with E-state index in [0.29, 0.717) is 0 Å². The number of hydrogen-bond donors (Lipinski definition) is 0. The number of nitrogens with zero attached hydrogens (tertiary/aromatic N) is 1. The van der Waals surface area contributed by atoms with Crippen molar-refractivity contribution >= 4 is 5.69 Å². The summed E-state index contributed by atoms with van der Waals surface area (Å²) in [6.45, 7) is 0.947. The van der Waals surface area contributed by atoms with Crippen LogP contribution in [-0.4, -0.2) is 6.54 Å². The third-order valence-corrected chi connectivity index (χ3v) is 3.36. The number of hydrogen-bond acceptors (Lipinski definition) is 1. The topological polar surface area (TPSA) is 3.24 Å². The summed E-state index contributed by atoms with van der Waals surface area (Å²) in [6, 6.07) is 21.2. The van der Waals surface area contributed by atoms with Crippen LogP contribution in [0.1, 0.15) is 5.56 Å². The Kier molecular flexibility index (Phi) is 3.46. The van der Waals surface area contributed by atoms with Gasteiger partial charge in [-0.05, 0) is 23.8 Å². The first-order chi connectivity index (χ1) is 9.43. The maximum absolute atomic E-state index is 2.37. The van der Waals surface area contributed by atoms with E-state index in [0.717, 1.165) is 13.0 Å². The molecule has 0 fully saturated rings. The normalized spacial score (nSPS) is 14.3. The standard InChI is InChI=1S/C18H17N/c1-3-9-16(10-4-1)15-18-13-7-8-14-19(18)17-11-5-2-6-12-17/h1-13H,14-15H2. The summed E-state index contributed by atoms with van der Waals surface area (Å²) < 4.78 is 0. The molecule has 0 aromatic heterocycles. The van der Waals surface area contributed by atoms with Gasteiger partial charge in [-0.3, -0.25) is 0 Å². The van der Waals surface area contributed by atoms with Gasteiger partial charge >= 0.3 is 0 Å².